The van der Waals surface area contributed by atoms with Crippen molar-refractivity contribution in [2.75, 3.05) is 0 Å². The third kappa shape index (κ3) is 2.61. The normalized spacial score (nSPS) is 11.9. The van der Waals surface area contributed by atoms with Crippen LogP contribution in [0.25, 0.3) is 60.2 Å². The minimum Gasteiger partial charge on any atom is -0.456 e. The second-order valence-electron chi connectivity index (χ2n) is 8.45. The molecular formula is C28H18BNO3. The smallest absolute Gasteiger partial charge is 0.456 e. The summed E-state index contributed by atoms with van der Waals surface area (Å²) in [6.45, 7) is 0. The van der Waals surface area contributed by atoms with E-state index in [4.69, 9.17) is 4.42 Å². The van der Waals surface area contributed by atoms with E-state index >= 15 is 0 Å². The van der Waals surface area contributed by atoms with Crippen LogP contribution in [0.1, 0.15) is 0 Å². The molecule has 0 bridgehead atoms. The first kappa shape index (κ1) is 18.5. The molecule has 0 aliphatic rings. The van der Waals surface area contributed by atoms with Gasteiger partial charge in [0.15, 0.2) is 0 Å². The van der Waals surface area contributed by atoms with Crippen LogP contribution in [0.5, 0.6) is 0 Å². The average Bonchev–Trinajstić information content (AvgIpc) is 3.37. The zero-order valence-corrected chi connectivity index (χ0v) is 17.6. The molecule has 0 saturated heterocycles. The molecule has 5 heteroatoms. The third-order valence-corrected chi connectivity index (χ3v) is 6.57. The van der Waals surface area contributed by atoms with Crippen molar-refractivity contribution >= 4 is 67.1 Å². The van der Waals surface area contributed by atoms with E-state index in [0.717, 1.165) is 49.2 Å². The van der Waals surface area contributed by atoms with Gasteiger partial charge in [-0.25, -0.2) is 0 Å². The lowest BCUT2D eigenvalue weighted by Crippen LogP contribution is -2.30. The van der Waals surface area contributed by atoms with E-state index in [1.165, 1.54) is 5.39 Å². The topological polar surface area (TPSA) is 58.5 Å². The van der Waals surface area contributed by atoms with E-state index in [9.17, 15) is 10.0 Å². The number of rotatable bonds is 2. The second-order valence-corrected chi connectivity index (χ2v) is 8.45. The molecule has 2 N–H and O–H groups in total. The van der Waals surface area contributed by atoms with E-state index < -0.39 is 7.12 Å². The minimum atomic E-state index is -1.62. The fourth-order valence-electron chi connectivity index (χ4n) is 5.14. The average molecular weight is 427 g/mol. The molecule has 0 atom stereocenters. The molecule has 0 radical (unpaired) electrons. The number of para-hydroxylation sites is 2. The maximum Gasteiger partial charge on any atom is 0.489 e. The van der Waals surface area contributed by atoms with Crippen molar-refractivity contribution in [2.45, 2.75) is 0 Å². The molecule has 0 fully saturated rings. The van der Waals surface area contributed by atoms with Gasteiger partial charge in [0.25, 0.3) is 0 Å². The van der Waals surface area contributed by atoms with Crippen LogP contribution in [0.4, 0.5) is 0 Å². The molecule has 33 heavy (non-hydrogen) atoms. The van der Waals surface area contributed by atoms with Gasteiger partial charge < -0.3 is 19.0 Å². The highest BCUT2D eigenvalue weighted by Crippen LogP contribution is 2.36. The number of hydrogen-bond acceptors (Lipinski definition) is 3. The number of aromatic nitrogens is 1. The van der Waals surface area contributed by atoms with Crippen molar-refractivity contribution < 1.29 is 14.5 Å². The number of furan rings is 1. The Kier molecular flexibility index (Phi) is 3.77. The summed E-state index contributed by atoms with van der Waals surface area (Å²) in [6.07, 6.45) is 0. The Bertz CT molecular complexity index is 1860. The van der Waals surface area contributed by atoms with Gasteiger partial charge in [-0.3, -0.25) is 0 Å². The lowest BCUT2D eigenvalue weighted by atomic mass is 9.77. The molecule has 0 spiro atoms. The summed E-state index contributed by atoms with van der Waals surface area (Å²) in [5, 5.41) is 26.8. The Morgan fingerprint density at radius 2 is 1.30 bits per heavy atom. The fourth-order valence-corrected chi connectivity index (χ4v) is 5.14. The lowest BCUT2D eigenvalue weighted by Gasteiger charge is -2.11. The molecule has 2 heterocycles. The van der Waals surface area contributed by atoms with Gasteiger partial charge >= 0.3 is 7.12 Å². The van der Waals surface area contributed by atoms with Gasteiger partial charge in [0, 0.05) is 33.3 Å². The van der Waals surface area contributed by atoms with Crippen LogP contribution < -0.4 is 5.46 Å². The predicted octanol–water partition coefficient (Wildman–Crippen LogP) is 5.52. The van der Waals surface area contributed by atoms with Crippen molar-refractivity contribution in [3.63, 3.8) is 0 Å². The van der Waals surface area contributed by atoms with E-state index in [1.807, 2.05) is 54.6 Å². The Labute approximate surface area is 189 Å². The van der Waals surface area contributed by atoms with Gasteiger partial charge in [0.1, 0.15) is 11.2 Å². The number of fused-ring (bicyclic) bond motifs is 7. The number of nitrogens with zero attached hydrogens (tertiary/aromatic N) is 1. The standard InChI is InChI=1S/C28H18BNO3/c31-29(32)23-15-19(16-27-28(23)21-10-4-6-12-26(21)33-27)30-24-11-5-3-9-20(24)22-13-17-7-1-2-8-18(17)14-25(22)30/h1-16,31-32H. The maximum atomic E-state index is 10.3. The van der Waals surface area contributed by atoms with Crippen molar-refractivity contribution in [3.05, 3.63) is 97.1 Å². The summed E-state index contributed by atoms with van der Waals surface area (Å²) in [6, 6.07) is 32.6. The van der Waals surface area contributed by atoms with Crippen LogP contribution >= 0.6 is 0 Å². The quantitative estimate of drug-likeness (QED) is 0.358. The van der Waals surface area contributed by atoms with E-state index in [-0.39, 0.29) is 0 Å². The zero-order chi connectivity index (χ0) is 22.1. The van der Waals surface area contributed by atoms with Gasteiger partial charge in [-0.2, -0.15) is 0 Å². The van der Waals surface area contributed by atoms with E-state index in [1.54, 1.807) is 0 Å². The highest BCUT2D eigenvalue weighted by Gasteiger charge is 2.22. The van der Waals surface area contributed by atoms with Crippen molar-refractivity contribution in [3.8, 4) is 5.69 Å². The highest BCUT2D eigenvalue weighted by molar-refractivity contribution is 6.63. The van der Waals surface area contributed by atoms with Gasteiger partial charge in [-0.15, -0.1) is 0 Å². The van der Waals surface area contributed by atoms with E-state index in [0.29, 0.717) is 11.0 Å². The molecule has 5 aromatic carbocycles. The molecule has 4 nitrogen and oxygen atoms in total. The van der Waals surface area contributed by atoms with Gasteiger partial charge in [0.05, 0.1) is 11.0 Å². The first-order chi connectivity index (χ1) is 16.2. The van der Waals surface area contributed by atoms with Crippen LogP contribution in [0.15, 0.2) is 101 Å². The highest BCUT2D eigenvalue weighted by atomic mass is 16.4. The Morgan fingerprint density at radius 3 is 2.12 bits per heavy atom. The summed E-state index contributed by atoms with van der Waals surface area (Å²) < 4.78 is 8.32. The van der Waals surface area contributed by atoms with Crippen molar-refractivity contribution in [1.82, 2.24) is 4.57 Å². The first-order valence-corrected chi connectivity index (χ1v) is 10.9. The van der Waals surface area contributed by atoms with Gasteiger partial charge in [-0.05, 0) is 46.6 Å². The molecule has 156 valence electrons. The monoisotopic (exact) mass is 427 g/mol. The van der Waals surface area contributed by atoms with Crippen molar-refractivity contribution in [2.24, 2.45) is 0 Å². The SMILES string of the molecule is OB(O)c1cc(-n2c3ccccc3c3cc4ccccc4cc32)cc2oc3ccccc3c12. The molecule has 0 saturated carbocycles. The molecule has 0 amide bonds. The molecule has 0 aliphatic heterocycles. The summed E-state index contributed by atoms with van der Waals surface area (Å²) >= 11 is 0. The predicted molar refractivity (Wildman–Crippen MR) is 135 cm³/mol. The van der Waals surface area contributed by atoms with Gasteiger partial charge in [0.2, 0.25) is 0 Å². The summed E-state index contributed by atoms with van der Waals surface area (Å²) in [4.78, 5) is 0. The Morgan fingerprint density at radius 1 is 0.606 bits per heavy atom. The molecular weight excluding hydrogens is 409 g/mol. The zero-order valence-electron chi connectivity index (χ0n) is 17.6. The summed E-state index contributed by atoms with van der Waals surface area (Å²) in [5.41, 5.74) is 4.72. The van der Waals surface area contributed by atoms with Crippen molar-refractivity contribution in [1.29, 1.82) is 0 Å². The third-order valence-electron chi connectivity index (χ3n) is 6.57. The molecule has 0 unspecified atom stereocenters. The fraction of sp³-hybridized carbons (Fsp3) is 0. The molecule has 2 aromatic heterocycles. The lowest BCUT2D eigenvalue weighted by molar-refractivity contribution is 0.426. The number of benzene rings is 5. The van der Waals surface area contributed by atoms with Crippen LogP contribution in [-0.2, 0) is 0 Å². The summed E-state index contributed by atoms with van der Waals surface area (Å²) in [7, 11) is -1.62. The second kappa shape index (κ2) is 6.72. The largest absolute Gasteiger partial charge is 0.489 e. The van der Waals surface area contributed by atoms with Crippen LogP contribution in [0.2, 0.25) is 0 Å². The minimum absolute atomic E-state index is 0.430. The van der Waals surface area contributed by atoms with Crippen LogP contribution in [-0.4, -0.2) is 21.7 Å². The van der Waals surface area contributed by atoms with E-state index in [2.05, 4.69) is 47.0 Å². The molecule has 0 aliphatic carbocycles. The number of hydrogen-bond donors (Lipinski definition) is 2. The summed E-state index contributed by atoms with van der Waals surface area (Å²) in [5.74, 6) is 0. The molecule has 7 aromatic rings. The Balaban J connectivity index is 1.65. The van der Waals surface area contributed by atoms with Gasteiger partial charge in [-0.1, -0.05) is 60.7 Å². The maximum absolute atomic E-state index is 10.3. The Hall–Kier alpha value is -4.06. The molecule has 7 rings (SSSR count). The van der Waals surface area contributed by atoms with Crippen LogP contribution in [0.3, 0.4) is 0 Å². The van der Waals surface area contributed by atoms with Crippen LogP contribution in [0, 0.1) is 0 Å². The first-order valence-electron chi connectivity index (χ1n) is 10.9.